The first-order valence-corrected chi connectivity index (χ1v) is 11.2. The summed E-state index contributed by atoms with van der Waals surface area (Å²) in [6.07, 6.45) is 1.53. The van der Waals surface area contributed by atoms with Crippen molar-refractivity contribution in [3.63, 3.8) is 0 Å². The van der Waals surface area contributed by atoms with Crippen molar-refractivity contribution in [2.45, 2.75) is 39.4 Å². The average molecular weight is 468 g/mol. The van der Waals surface area contributed by atoms with Gasteiger partial charge in [-0.15, -0.1) is 0 Å². The SMILES string of the molecule is CCCCn1c(N)c(N(Cc2ccccc2)C(=O)CN(C)Cc2ccc(F)cc2)c(=O)[nH]c1=O. The molecule has 0 unspecified atom stereocenters. The van der Waals surface area contributed by atoms with E-state index in [1.54, 1.807) is 24.1 Å². The second-order valence-electron chi connectivity index (χ2n) is 8.26. The standard InChI is InChI=1S/C25H30FN5O3/c1-3-4-14-30-23(27)22(24(33)28-25(30)34)31(16-18-8-6-5-7-9-18)21(32)17-29(2)15-19-10-12-20(26)13-11-19/h5-13H,3-4,14-17,27H2,1-2H3,(H,28,33,34). The molecular weight excluding hydrogens is 437 g/mol. The van der Waals surface area contributed by atoms with Crippen molar-refractivity contribution in [1.82, 2.24) is 14.5 Å². The molecule has 0 aliphatic heterocycles. The minimum Gasteiger partial charge on any atom is -0.383 e. The molecule has 3 N–H and O–H groups in total. The molecule has 0 bridgehead atoms. The molecule has 8 nitrogen and oxygen atoms in total. The van der Waals surface area contributed by atoms with Crippen molar-refractivity contribution in [2.75, 3.05) is 24.2 Å². The number of nitrogens with zero attached hydrogens (tertiary/aromatic N) is 3. The zero-order chi connectivity index (χ0) is 24.7. The van der Waals surface area contributed by atoms with Crippen LogP contribution in [0.3, 0.4) is 0 Å². The van der Waals surface area contributed by atoms with Gasteiger partial charge in [-0.3, -0.25) is 28.9 Å². The number of hydrogen-bond acceptors (Lipinski definition) is 5. The maximum Gasteiger partial charge on any atom is 0.330 e. The molecule has 0 atom stereocenters. The number of aromatic amines is 1. The smallest absolute Gasteiger partial charge is 0.330 e. The van der Waals surface area contributed by atoms with Gasteiger partial charge in [-0.1, -0.05) is 55.8 Å². The van der Waals surface area contributed by atoms with E-state index in [4.69, 9.17) is 5.73 Å². The Morgan fingerprint density at radius 2 is 1.68 bits per heavy atom. The van der Waals surface area contributed by atoms with Gasteiger partial charge in [0.05, 0.1) is 13.1 Å². The predicted octanol–water partition coefficient (Wildman–Crippen LogP) is 2.72. The first-order valence-electron chi connectivity index (χ1n) is 11.2. The van der Waals surface area contributed by atoms with Crippen LogP contribution < -0.4 is 21.9 Å². The number of nitrogens with two attached hydrogens (primary N) is 1. The number of unbranched alkanes of at least 4 members (excludes halogenated alkanes) is 1. The molecule has 1 heterocycles. The molecule has 1 aromatic heterocycles. The summed E-state index contributed by atoms with van der Waals surface area (Å²) in [6.45, 7) is 2.83. The van der Waals surface area contributed by atoms with Crippen molar-refractivity contribution in [2.24, 2.45) is 0 Å². The van der Waals surface area contributed by atoms with E-state index in [1.165, 1.54) is 21.6 Å². The Bertz CT molecular complexity index is 1220. The maximum atomic E-state index is 13.4. The van der Waals surface area contributed by atoms with Gasteiger partial charge in [-0.25, -0.2) is 9.18 Å². The summed E-state index contributed by atoms with van der Waals surface area (Å²) in [5, 5.41) is 0. The maximum absolute atomic E-state index is 13.4. The molecule has 0 aliphatic rings. The Balaban J connectivity index is 1.94. The van der Waals surface area contributed by atoms with Crippen LogP contribution in [0.15, 0.2) is 64.2 Å². The van der Waals surface area contributed by atoms with Crippen LogP contribution in [0.5, 0.6) is 0 Å². The summed E-state index contributed by atoms with van der Waals surface area (Å²) in [5.41, 5.74) is 6.59. The molecule has 0 aliphatic carbocycles. The highest BCUT2D eigenvalue weighted by atomic mass is 19.1. The van der Waals surface area contributed by atoms with Crippen LogP contribution in [-0.2, 0) is 24.4 Å². The van der Waals surface area contributed by atoms with Gasteiger partial charge in [0.15, 0.2) is 5.69 Å². The summed E-state index contributed by atoms with van der Waals surface area (Å²) in [7, 11) is 1.76. The number of rotatable bonds is 10. The molecule has 1 amide bonds. The summed E-state index contributed by atoms with van der Waals surface area (Å²) >= 11 is 0. The minimum absolute atomic E-state index is 0.0167. The van der Waals surface area contributed by atoms with E-state index in [9.17, 15) is 18.8 Å². The minimum atomic E-state index is -0.708. The van der Waals surface area contributed by atoms with Gasteiger partial charge in [-0.05, 0) is 36.7 Å². The molecule has 3 aromatic rings. The van der Waals surface area contributed by atoms with Crippen molar-refractivity contribution < 1.29 is 9.18 Å². The number of benzene rings is 2. The molecule has 3 rings (SSSR count). The first-order chi connectivity index (χ1) is 16.3. The highest BCUT2D eigenvalue weighted by molar-refractivity contribution is 5.96. The van der Waals surface area contributed by atoms with E-state index in [1.807, 2.05) is 37.3 Å². The van der Waals surface area contributed by atoms with E-state index in [2.05, 4.69) is 4.98 Å². The van der Waals surface area contributed by atoms with Crippen molar-refractivity contribution in [3.8, 4) is 0 Å². The molecule has 180 valence electrons. The lowest BCUT2D eigenvalue weighted by Gasteiger charge is -2.27. The third-order valence-electron chi connectivity index (χ3n) is 5.47. The van der Waals surface area contributed by atoms with Gasteiger partial charge >= 0.3 is 5.69 Å². The Kier molecular flexibility index (Phi) is 8.37. The molecule has 0 radical (unpaired) electrons. The molecule has 0 fully saturated rings. The number of anilines is 2. The van der Waals surface area contributed by atoms with E-state index >= 15 is 0 Å². The third-order valence-corrected chi connectivity index (χ3v) is 5.47. The van der Waals surface area contributed by atoms with Gasteiger partial charge < -0.3 is 5.73 Å². The number of nitrogen functional groups attached to an aromatic ring is 1. The highest BCUT2D eigenvalue weighted by Crippen LogP contribution is 2.20. The average Bonchev–Trinajstić information content (AvgIpc) is 2.80. The second kappa shape index (κ2) is 11.4. The summed E-state index contributed by atoms with van der Waals surface area (Å²) in [4.78, 5) is 44.0. The Hall–Kier alpha value is -3.72. The molecule has 0 saturated heterocycles. The lowest BCUT2D eigenvalue weighted by atomic mass is 10.2. The predicted molar refractivity (Wildman–Crippen MR) is 131 cm³/mol. The molecule has 34 heavy (non-hydrogen) atoms. The van der Waals surface area contributed by atoms with Gasteiger partial charge in [0.25, 0.3) is 5.56 Å². The lowest BCUT2D eigenvalue weighted by molar-refractivity contribution is -0.119. The number of halogens is 1. The zero-order valence-electron chi connectivity index (χ0n) is 19.5. The third kappa shape index (κ3) is 6.20. The first kappa shape index (κ1) is 24.9. The van der Waals surface area contributed by atoms with Crippen LogP contribution in [0, 0.1) is 5.82 Å². The van der Waals surface area contributed by atoms with Gasteiger partial charge in [0.2, 0.25) is 5.91 Å². The Morgan fingerprint density at radius 1 is 1.03 bits per heavy atom. The summed E-state index contributed by atoms with van der Waals surface area (Å²) in [6, 6.07) is 15.3. The number of carbonyl (C=O) groups excluding carboxylic acids is 1. The normalized spacial score (nSPS) is 11.1. The molecule has 9 heteroatoms. The van der Waals surface area contributed by atoms with Crippen molar-refractivity contribution in [3.05, 3.63) is 92.4 Å². The molecule has 0 saturated carbocycles. The van der Waals surface area contributed by atoms with Crippen LogP contribution in [0.25, 0.3) is 0 Å². The molecule has 0 spiro atoms. The van der Waals surface area contributed by atoms with Crippen LogP contribution in [0.2, 0.25) is 0 Å². The van der Waals surface area contributed by atoms with E-state index in [0.29, 0.717) is 19.5 Å². The fraction of sp³-hybridized carbons (Fsp3) is 0.320. The fourth-order valence-electron chi connectivity index (χ4n) is 3.71. The number of nitrogens with one attached hydrogen (secondary N) is 1. The number of hydrogen-bond donors (Lipinski definition) is 2. The van der Waals surface area contributed by atoms with E-state index < -0.39 is 11.2 Å². The van der Waals surface area contributed by atoms with E-state index in [0.717, 1.165) is 17.5 Å². The summed E-state index contributed by atoms with van der Waals surface area (Å²) in [5.74, 6) is -0.719. The quantitative estimate of drug-likeness (QED) is 0.477. The van der Waals surface area contributed by atoms with Crippen molar-refractivity contribution in [1.29, 1.82) is 0 Å². The van der Waals surface area contributed by atoms with Gasteiger partial charge in [-0.2, -0.15) is 0 Å². The number of H-pyrrole nitrogens is 1. The number of likely N-dealkylation sites (N-methyl/N-ethyl adjacent to an activating group) is 1. The number of amides is 1. The fourth-order valence-corrected chi connectivity index (χ4v) is 3.71. The number of carbonyl (C=O) groups is 1. The van der Waals surface area contributed by atoms with Gasteiger partial charge in [0.1, 0.15) is 11.6 Å². The van der Waals surface area contributed by atoms with Crippen LogP contribution in [-0.4, -0.2) is 34.0 Å². The van der Waals surface area contributed by atoms with Gasteiger partial charge in [0, 0.05) is 13.1 Å². The summed E-state index contributed by atoms with van der Waals surface area (Å²) < 4.78 is 14.5. The highest BCUT2D eigenvalue weighted by Gasteiger charge is 2.25. The largest absolute Gasteiger partial charge is 0.383 e. The molecular formula is C25H30FN5O3. The lowest BCUT2D eigenvalue weighted by Crippen LogP contribution is -2.44. The van der Waals surface area contributed by atoms with Crippen LogP contribution >= 0.6 is 0 Å². The Morgan fingerprint density at radius 3 is 2.32 bits per heavy atom. The van der Waals surface area contributed by atoms with E-state index in [-0.39, 0.29) is 36.3 Å². The second-order valence-corrected chi connectivity index (χ2v) is 8.26. The Labute approximate surface area is 197 Å². The van der Waals surface area contributed by atoms with Crippen molar-refractivity contribution >= 4 is 17.4 Å². The zero-order valence-corrected chi connectivity index (χ0v) is 19.5. The topological polar surface area (TPSA) is 104 Å². The molecule has 2 aromatic carbocycles. The van der Waals surface area contributed by atoms with Crippen LogP contribution in [0.4, 0.5) is 15.9 Å². The number of aromatic nitrogens is 2. The van der Waals surface area contributed by atoms with Crippen LogP contribution in [0.1, 0.15) is 30.9 Å². The monoisotopic (exact) mass is 467 g/mol.